The summed E-state index contributed by atoms with van der Waals surface area (Å²) >= 11 is 0. The molecule has 0 aliphatic heterocycles. The number of carbonyl (C=O) groups is 1. The van der Waals surface area contributed by atoms with Crippen molar-refractivity contribution in [3.8, 4) is 5.75 Å². The smallest absolute Gasteiger partial charge is 0.271 e. The third kappa shape index (κ3) is 2.98. The van der Waals surface area contributed by atoms with E-state index in [-0.39, 0.29) is 5.91 Å². The molecule has 3 aromatic rings. The summed E-state index contributed by atoms with van der Waals surface area (Å²) in [5.74, 6) is 0.438. The summed E-state index contributed by atoms with van der Waals surface area (Å²) < 4.78 is 5.05. The van der Waals surface area contributed by atoms with Crippen LogP contribution in [0, 0.1) is 0 Å². The van der Waals surface area contributed by atoms with Gasteiger partial charge in [0.15, 0.2) is 0 Å². The first-order chi connectivity index (χ1) is 10.8. The van der Waals surface area contributed by atoms with Crippen LogP contribution in [-0.4, -0.2) is 24.2 Å². The van der Waals surface area contributed by atoms with Gasteiger partial charge in [-0.3, -0.25) is 4.79 Å². The molecule has 0 saturated heterocycles. The van der Waals surface area contributed by atoms with E-state index in [1.807, 2.05) is 30.3 Å². The summed E-state index contributed by atoms with van der Waals surface area (Å²) in [6.45, 7) is 0. The SMILES string of the molecule is COc1ccc(C(=O)N/N=C\c2cc3ccccc3[nH]2)cc1. The highest BCUT2D eigenvalue weighted by Gasteiger charge is 2.04. The molecule has 22 heavy (non-hydrogen) atoms. The standard InChI is InChI=1S/C17H15N3O2/c1-22-15-8-6-12(7-9-15)17(21)20-18-11-14-10-13-4-2-3-5-16(13)19-14/h2-11,19H,1H3,(H,20,21)/b18-11-. The number of nitrogens with zero attached hydrogens (tertiary/aromatic N) is 1. The molecule has 5 nitrogen and oxygen atoms in total. The first kappa shape index (κ1) is 13.9. The molecule has 110 valence electrons. The van der Waals surface area contributed by atoms with Crippen LogP contribution < -0.4 is 10.2 Å². The highest BCUT2D eigenvalue weighted by atomic mass is 16.5. The van der Waals surface area contributed by atoms with Gasteiger partial charge in [-0.25, -0.2) is 5.43 Å². The van der Waals surface area contributed by atoms with Crippen LogP contribution in [0.15, 0.2) is 59.7 Å². The van der Waals surface area contributed by atoms with Gasteiger partial charge in [0.2, 0.25) is 0 Å². The molecule has 3 rings (SSSR count). The van der Waals surface area contributed by atoms with E-state index >= 15 is 0 Å². The first-order valence-electron chi connectivity index (χ1n) is 6.81. The van der Waals surface area contributed by atoms with Crippen molar-refractivity contribution in [3.05, 3.63) is 65.9 Å². The number of methoxy groups -OCH3 is 1. The summed E-state index contributed by atoms with van der Waals surface area (Å²) in [5, 5.41) is 5.07. The Morgan fingerprint density at radius 1 is 1.18 bits per heavy atom. The Labute approximate surface area is 127 Å². The van der Waals surface area contributed by atoms with Gasteiger partial charge in [0.25, 0.3) is 5.91 Å². The van der Waals surface area contributed by atoms with E-state index in [4.69, 9.17) is 4.74 Å². The summed E-state index contributed by atoms with van der Waals surface area (Å²) in [4.78, 5) is 15.1. The number of aromatic nitrogens is 1. The number of amides is 1. The van der Waals surface area contributed by atoms with Crippen molar-refractivity contribution in [2.75, 3.05) is 7.11 Å². The van der Waals surface area contributed by atoms with Crippen LogP contribution in [0.2, 0.25) is 0 Å². The van der Waals surface area contributed by atoms with Crippen LogP contribution in [0.5, 0.6) is 5.75 Å². The predicted octanol–water partition coefficient (Wildman–Crippen LogP) is 2.94. The average molecular weight is 293 g/mol. The third-order valence-electron chi connectivity index (χ3n) is 3.27. The molecule has 2 aromatic carbocycles. The quantitative estimate of drug-likeness (QED) is 0.573. The molecular weight excluding hydrogens is 278 g/mol. The number of benzene rings is 2. The topological polar surface area (TPSA) is 66.5 Å². The lowest BCUT2D eigenvalue weighted by molar-refractivity contribution is 0.0955. The zero-order chi connectivity index (χ0) is 15.4. The molecule has 0 unspecified atom stereocenters. The van der Waals surface area contributed by atoms with E-state index in [0.29, 0.717) is 11.3 Å². The van der Waals surface area contributed by atoms with Gasteiger partial charge in [-0.2, -0.15) is 5.10 Å². The zero-order valence-corrected chi connectivity index (χ0v) is 12.0. The molecule has 1 amide bonds. The summed E-state index contributed by atoms with van der Waals surface area (Å²) in [7, 11) is 1.58. The number of hydrogen-bond donors (Lipinski definition) is 2. The van der Waals surface area contributed by atoms with Crippen LogP contribution in [0.4, 0.5) is 0 Å². The molecule has 0 saturated carbocycles. The molecule has 1 aromatic heterocycles. The number of hydrogen-bond acceptors (Lipinski definition) is 3. The van der Waals surface area contributed by atoms with E-state index in [0.717, 1.165) is 16.6 Å². The molecule has 0 bridgehead atoms. The molecule has 5 heteroatoms. The van der Waals surface area contributed by atoms with Gasteiger partial charge in [-0.1, -0.05) is 18.2 Å². The fourth-order valence-electron chi connectivity index (χ4n) is 2.13. The van der Waals surface area contributed by atoms with Crippen molar-refractivity contribution in [1.29, 1.82) is 0 Å². The van der Waals surface area contributed by atoms with Crippen molar-refractivity contribution < 1.29 is 9.53 Å². The summed E-state index contributed by atoms with van der Waals surface area (Å²) in [6, 6.07) is 16.7. The number of H-pyrrole nitrogens is 1. The largest absolute Gasteiger partial charge is 0.497 e. The summed E-state index contributed by atoms with van der Waals surface area (Å²) in [5.41, 5.74) is 4.88. The number of carbonyl (C=O) groups excluding carboxylic acids is 1. The van der Waals surface area contributed by atoms with E-state index < -0.39 is 0 Å². The van der Waals surface area contributed by atoms with Gasteiger partial charge in [0, 0.05) is 16.5 Å². The average Bonchev–Trinajstić information content (AvgIpc) is 2.97. The minimum absolute atomic E-state index is 0.269. The van der Waals surface area contributed by atoms with Crippen LogP contribution in [0.1, 0.15) is 16.1 Å². The predicted molar refractivity (Wildman–Crippen MR) is 86.4 cm³/mol. The maximum atomic E-state index is 11.9. The van der Waals surface area contributed by atoms with Gasteiger partial charge < -0.3 is 9.72 Å². The molecule has 0 aliphatic rings. The van der Waals surface area contributed by atoms with Crippen molar-refractivity contribution >= 4 is 23.0 Å². The van der Waals surface area contributed by atoms with Crippen molar-refractivity contribution in [2.24, 2.45) is 5.10 Å². The fraction of sp³-hybridized carbons (Fsp3) is 0.0588. The van der Waals surface area contributed by atoms with Gasteiger partial charge in [0.05, 0.1) is 19.0 Å². The van der Waals surface area contributed by atoms with Crippen molar-refractivity contribution in [2.45, 2.75) is 0 Å². The normalized spacial score (nSPS) is 11.0. The lowest BCUT2D eigenvalue weighted by Crippen LogP contribution is -2.17. The number of hydrazone groups is 1. The van der Waals surface area contributed by atoms with Crippen LogP contribution in [-0.2, 0) is 0 Å². The van der Waals surface area contributed by atoms with Crippen LogP contribution >= 0.6 is 0 Å². The Hall–Kier alpha value is -3.08. The van der Waals surface area contributed by atoms with E-state index in [1.165, 1.54) is 0 Å². The Balaban J connectivity index is 1.66. The minimum Gasteiger partial charge on any atom is -0.497 e. The van der Waals surface area contributed by atoms with Gasteiger partial charge in [-0.15, -0.1) is 0 Å². The van der Waals surface area contributed by atoms with Crippen molar-refractivity contribution in [3.63, 3.8) is 0 Å². The van der Waals surface area contributed by atoms with Crippen LogP contribution in [0.25, 0.3) is 10.9 Å². The molecule has 0 fully saturated rings. The third-order valence-corrected chi connectivity index (χ3v) is 3.27. The number of nitrogens with one attached hydrogen (secondary N) is 2. The Bertz CT molecular complexity index is 786. The number of ether oxygens (including phenoxy) is 1. The van der Waals surface area contributed by atoms with Crippen molar-refractivity contribution in [1.82, 2.24) is 10.4 Å². The van der Waals surface area contributed by atoms with E-state index in [2.05, 4.69) is 15.5 Å². The number of para-hydroxylation sites is 1. The number of fused-ring (bicyclic) bond motifs is 1. The van der Waals surface area contributed by atoms with E-state index in [1.54, 1.807) is 37.6 Å². The molecule has 0 aliphatic carbocycles. The Morgan fingerprint density at radius 3 is 2.68 bits per heavy atom. The summed E-state index contributed by atoms with van der Waals surface area (Å²) in [6.07, 6.45) is 1.58. The van der Waals surface area contributed by atoms with Crippen LogP contribution in [0.3, 0.4) is 0 Å². The lowest BCUT2D eigenvalue weighted by Gasteiger charge is -2.01. The second kappa shape index (κ2) is 6.13. The maximum Gasteiger partial charge on any atom is 0.271 e. The van der Waals surface area contributed by atoms with Gasteiger partial charge >= 0.3 is 0 Å². The second-order valence-corrected chi connectivity index (χ2v) is 4.74. The monoisotopic (exact) mass is 293 g/mol. The Kier molecular flexibility index (Phi) is 3.87. The van der Waals surface area contributed by atoms with E-state index in [9.17, 15) is 4.79 Å². The molecule has 0 radical (unpaired) electrons. The number of rotatable bonds is 4. The van der Waals surface area contributed by atoms with Gasteiger partial charge in [-0.05, 0) is 36.4 Å². The zero-order valence-electron chi connectivity index (χ0n) is 12.0. The van der Waals surface area contributed by atoms with Gasteiger partial charge in [0.1, 0.15) is 5.75 Å². The lowest BCUT2D eigenvalue weighted by atomic mass is 10.2. The molecule has 0 spiro atoms. The highest BCUT2D eigenvalue weighted by molar-refractivity contribution is 5.95. The maximum absolute atomic E-state index is 11.9. The Morgan fingerprint density at radius 2 is 1.95 bits per heavy atom. The molecule has 1 heterocycles. The number of aromatic amines is 1. The highest BCUT2D eigenvalue weighted by Crippen LogP contribution is 2.13. The molecule has 0 atom stereocenters. The molecule has 2 N–H and O–H groups in total. The first-order valence-corrected chi connectivity index (χ1v) is 6.81. The fourth-order valence-corrected chi connectivity index (χ4v) is 2.13. The second-order valence-electron chi connectivity index (χ2n) is 4.74. The molecular formula is C17H15N3O2. The minimum atomic E-state index is -0.269.